The maximum atomic E-state index is 12.4. The van der Waals surface area contributed by atoms with E-state index in [0.717, 1.165) is 11.5 Å². The summed E-state index contributed by atoms with van der Waals surface area (Å²) in [5.74, 6) is 2.14. The average molecular weight is 513 g/mol. The summed E-state index contributed by atoms with van der Waals surface area (Å²) >= 11 is 8.21. The van der Waals surface area contributed by atoms with Crippen molar-refractivity contribution in [2.75, 3.05) is 23.8 Å². The molecule has 0 unspecified atom stereocenters. The smallest absolute Gasteiger partial charge is 0.351 e. The predicted octanol–water partition coefficient (Wildman–Crippen LogP) is 3.58. The van der Waals surface area contributed by atoms with E-state index >= 15 is 0 Å². The summed E-state index contributed by atoms with van der Waals surface area (Å²) in [6.45, 7) is 10.9. The third-order valence-corrected chi connectivity index (χ3v) is 20.3. The standard InChI is InChI=1S/C17H30N3O5PS3Si/c1-17(2,3)30(4,5)25-14-11(10-23-26(27)28-8-9-29-26)24-15(13(14)21)20-7-6-12(18)19-16(20)22/h6-7,11,13-15,21,27H,8-10H2,1-5H3,(H-,18,19,22)/p+1/t11-,13-,14-,15-/m1/s1. The Kier molecular flexibility index (Phi) is 7.64. The molecule has 3 heterocycles. The summed E-state index contributed by atoms with van der Waals surface area (Å²) in [6, 6.07) is 1.51. The van der Waals surface area contributed by atoms with Crippen molar-refractivity contribution >= 4 is 54.2 Å². The van der Waals surface area contributed by atoms with Crippen LogP contribution in [-0.4, -0.2) is 59.4 Å². The molecule has 0 saturated carbocycles. The summed E-state index contributed by atoms with van der Waals surface area (Å²) in [7, 11) is -2.22. The van der Waals surface area contributed by atoms with E-state index in [-0.39, 0.29) is 17.5 Å². The number of rotatable bonds is 6. The second-order valence-corrected chi connectivity index (χ2v) is 24.8. The van der Waals surface area contributed by atoms with E-state index in [1.165, 1.54) is 16.8 Å². The predicted molar refractivity (Wildman–Crippen MR) is 132 cm³/mol. The van der Waals surface area contributed by atoms with Crippen molar-refractivity contribution in [1.29, 1.82) is 0 Å². The number of nitrogens with zero attached hydrogens (tertiary/aromatic N) is 2. The number of anilines is 1. The van der Waals surface area contributed by atoms with Gasteiger partial charge in [-0.1, -0.05) is 20.8 Å². The van der Waals surface area contributed by atoms with E-state index in [9.17, 15) is 9.90 Å². The molecular weight excluding hydrogens is 481 g/mol. The minimum absolute atomic E-state index is 0.0509. The summed E-state index contributed by atoms with van der Waals surface area (Å²) in [5.41, 5.74) is 5.03. The Morgan fingerprint density at radius 1 is 1.43 bits per heavy atom. The molecule has 170 valence electrons. The lowest BCUT2D eigenvalue weighted by molar-refractivity contribution is -0.0498. The van der Waals surface area contributed by atoms with E-state index in [4.69, 9.17) is 31.7 Å². The van der Waals surface area contributed by atoms with Gasteiger partial charge in [0.05, 0.1) is 35.0 Å². The van der Waals surface area contributed by atoms with Gasteiger partial charge in [-0.05, 0) is 24.2 Å². The van der Waals surface area contributed by atoms with Gasteiger partial charge in [-0.15, -0.1) is 0 Å². The first-order valence-corrected chi connectivity index (χ1v) is 18.7. The van der Waals surface area contributed by atoms with Gasteiger partial charge in [-0.3, -0.25) is 4.57 Å². The summed E-state index contributed by atoms with van der Waals surface area (Å²) in [5, 5.41) is 9.19. The molecular formula is C17H31N3O5PS3Si+. The fourth-order valence-electron chi connectivity index (χ4n) is 2.95. The molecule has 4 atom stereocenters. The molecule has 0 bridgehead atoms. The average Bonchev–Trinajstić information content (AvgIpc) is 3.18. The van der Waals surface area contributed by atoms with E-state index in [1.807, 2.05) is 0 Å². The number of ether oxygens (including phenoxy) is 1. The molecule has 2 aliphatic rings. The third-order valence-electron chi connectivity index (χ3n) is 5.67. The Morgan fingerprint density at radius 2 is 2.07 bits per heavy atom. The van der Waals surface area contributed by atoms with E-state index in [0.29, 0.717) is 0 Å². The number of aliphatic hydroxyl groups excluding tert-OH is 1. The molecule has 0 aliphatic carbocycles. The second-order valence-electron chi connectivity index (χ2n) is 8.87. The van der Waals surface area contributed by atoms with Crippen LogP contribution in [0.3, 0.4) is 0 Å². The van der Waals surface area contributed by atoms with Crippen molar-refractivity contribution in [2.24, 2.45) is 0 Å². The lowest BCUT2D eigenvalue weighted by atomic mass is 10.1. The largest absolute Gasteiger partial charge is 0.408 e. The number of aliphatic hydroxyl groups is 1. The lowest BCUT2D eigenvalue weighted by Gasteiger charge is -2.39. The molecule has 0 aromatic carbocycles. The zero-order valence-corrected chi connectivity index (χ0v) is 22.3. The van der Waals surface area contributed by atoms with Gasteiger partial charge in [0.25, 0.3) is 0 Å². The van der Waals surface area contributed by atoms with Crippen LogP contribution >= 0.6 is 40.1 Å². The van der Waals surface area contributed by atoms with Crippen LogP contribution in [0, 0.1) is 0 Å². The van der Waals surface area contributed by atoms with E-state index in [2.05, 4.69) is 38.8 Å². The highest BCUT2D eigenvalue weighted by atomic mass is 33.4. The van der Waals surface area contributed by atoms with Crippen LogP contribution in [-0.2, 0) is 13.7 Å². The molecule has 0 amide bonds. The molecule has 3 rings (SSSR count). The first-order chi connectivity index (χ1) is 13.8. The summed E-state index contributed by atoms with van der Waals surface area (Å²) in [6.07, 6.45) is -1.64. The van der Waals surface area contributed by atoms with Crippen molar-refractivity contribution in [2.45, 2.75) is 63.4 Å². The molecule has 2 saturated heterocycles. The van der Waals surface area contributed by atoms with Crippen molar-refractivity contribution in [3.63, 3.8) is 0 Å². The van der Waals surface area contributed by atoms with Crippen LogP contribution in [0.15, 0.2) is 17.1 Å². The fourth-order valence-corrected chi connectivity index (χ4v) is 13.3. The van der Waals surface area contributed by atoms with Crippen molar-refractivity contribution in [1.82, 2.24) is 9.55 Å². The fraction of sp³-hybridized carbons (Fsp3) is 0.765. The minimum atomic E-state index is -2.22. The first kappa shape index (κ1) is 24.9. The van der Waals surface area contributed by atoms with Gasteiger partial charge < -0.3 is 20.0 Å². The first-order valence-electron chi connectivity index (χ1n) is 9.74. The molecule has 2 aliphatic heterocycles. The van der Waals surface area contributed by atoms with Gasteiger partial charge in [0, 0.05) is 17.7 Å². The van der Waals surface area contributed by atoms with E-state index < -0.39 is 43.6 Å². The monoisotopic (exact) mass is 512 g/mol. The number of hydrogen-bond donors (Lipinski definition) is 3. The molecule has 0 spiro atoms. The van der Waals surface area contributed by atoms with Crippen LogP contribution in [0.2, 0.25) is 18.1 Å². The Labute approximate surface area is 192 Å². The molecule has 1 aromatic heterocycles. The third kappa shape index (κ3) is 5.40. The molecule has 8 nitrogen and oxygen atoms in total. The van der Waals surface area contributed by atoms with Gasteiger partial charge in [-0.25, -0.2) is 4.79 Å². The van der Waals surface area contributed by atoms with Crippen molar-refractivity contribution in [3.8, 4) is 0 Å². The highest BCUT2D eigenvalue weighted by Gasteiger charge is 2.53. The number of hydrogen-bond acceptors (Lipinski definition) is 10. The Bertz CT molecular complexity index is 819. The summed E-state index contributed by atoms with van der Waals surface area (Å²) < 4.78 is 20.1. The van der Waals surface area contributed by atoms with Crippen LogP contribution < -0.4 is 11.4 Å². The quantitative estimate of drug-likeness (QED) is 0.299. The molecule has 30 heavy (non-hydrogen) atoms. The minimum Gasteiger partial charge on any atom is -0.408 e. The molecule has 1 aromatic rings. The normalized spacial score (nSPS) is 29.4. The maximum Gasteiger partial charge on any atom is 0.351 e. The zero-order chi connectivity index (χ0) is 22.3. The van der Waals surface area contributed by atoms with Crippen molar-refractivity contribution in [3.05, 3.63) is 22.7 Å². The molecule has 13 heteroatoms. The molecule has 0 radical (unpaired) electrons. The van der Waals surface area contributed by atoms with Gasteiger partial charge in [-0.2, -0.15) is 9.51 Å². The molecule has 3 N–H and O–H groups in total. The topological polar surface area (TPSA) is 109 Å². The highest BCUT2D eigenvalue weighted by molar-refractivity contribution is 9.15. The number of thiol groups is 1. The van der Waals surface area contributed by atoms with Crippen LogP contribution in [0.25, 0.3) is 0 Å². The Hall–Kier alpha value is 0.217. The Balaban J connectivity index is 1.85. The van der Waals surface area contributed by atoms with Crippen molar-refractivity contribution < 1.29 is 18.8 Å². The molecule has 2 fully saturated rings. The van der Waals surface area contributed by atoms with Gasteiger partial charge in [0.1, 0.15) is 30.7 Å². The van der Waals surface area contributed by atoms with Crippen LogP contribution in [0.5, 0.6) is 0 Å². The lowest BCUT2D eigenvalue weighted by Crippen LogP contribution is -2.50. The van der Waals surface area contributed by atoms with Gasteiger partial charge in [0.2, 0.25) is 0 Å². The van der Waals surface area contributed by atoms with Gasteiger partial charge in [0.15, 0.2) is 14.5 Å². The Morgan fingerprint density at radius 3 is 2.63 bits per heavy atom. The number of aromatic nitrogens is 2. The number of nitrogens with two attached hydrogens (primary N) is 1. The zero-order valence-electron chi connectivity index (χ0n) is 17.8. The number of nitrogen functional groups attached to an aromatic ring is 1. The second kappa shape index (κ2) is 9.22. The summed E-state index contributed by atoms with van der Waals surface area (Å²) in [4.78, 5) is 16.1. The SMILES string of the molecule is CC(C)(C)[Si](C)(C)O[C@H]1[C@@H](O)[C@H](n2ccc(N)nc2=O)O[C@@H]1CO[P+]1(S)SCCS1. The van der Waals surface area contributed by atoms with E-state index in [1.54, 1.807) is 22.8 Å². The van der Waals surface area contributed by atoms with Gasteiger partial charge >= 0.3 is 10.8 Å². The van der Waals surface area contributed by atoms with Crippen LogP contribution in [0.1, 0.15) is 27.0 Å². The highest BCUT2D eigenvalue weighted by Crippen LogP contribution is 2.87. The van der Waals surface area contributed by atoms with Crippen LogP contribution in [0.4, 0.5) is 5.82 Å². The maximum absolute atomic E-state index is 12.4.